The Bertz CT molecular complexity index is 258. The molecule has 0 bridgehead atoms. The van der Waals surface area contributed by atoms with Gasteiger partial charge in [0, 0.05) is 19.0 Å². The summed E-state index contributed by atoms with van der Waals surface area (Å²) in [5.41, 5.74) is 0. The van der Waals surface area contributed by atoms with Crippen molar-refractivity contribution in [1.29, 1.82) is 0 Å². The Morgan fingerprint density at radius 1 is 0.857 bits per heavy atom. The number of amides is 1. The second kappa shape index (κ2) is 12.1. The number of carbonyl (C=O) groups is 1. The third kappa shape index (κ3) is 7.87. The van der Waals surface area contributed by atoms with Gasteiger partial charge < -0.3 is 4.90 Å². The minimum Gasteiger partial charge on any atom is -0.340 e. The average molecular weight is 296 g/mol. The Kier molecular flexibility index (Phi) is 10.6. The molecule has 2 heteroatoms. The zero-order valence-electron chi connectivity index (χ0n) is 14.5. The second-order valence-corrected chi connectivity index (χ2v) is 6.75. The molecule has 2 nitrogen and oxygen atoms in total. The first kappa shape index (κ1) is 18.5. The van der Waals surface area contributed by atoms with Crippen LogP contribution in [0.2, 0.25) is 0 Å². The lowest BCUT2D eigenvalue weighted by molar-refractivity contribution is -0.134. The van der Waals surface area contributed by atoms with Gasteiger partial charge in [0.25, 0.3) is 0 Å². The van der Waals surface area contributed by atoms with Crippen molar-refractivity contribution in [2.24, 2.45) is 0 Å². The van der Waals surface area contributed by atoms with Crippen LogP contribution in [0.3, 0.4) is 0 Å². The lowest BCUT2D eigenvalue weighted by atomic mass is 9.93. The van der Waals surface area contributed by atoms with E-state index in [4.69, 9.17) is 0 Å². The molecule has 1 saturated carbocycles. The highest BCUT2D eigenvalue weighted by Gasteiger charge is 2.24. The summed E-state index contributed by atoms with van der Waals surface area (Å²) < 4.78 is 0. The van der Waals surface area contributed by atoms with Gasteiger partial charge >= 0.3 is 0 Å². The topological polar surface area (TPSA) is 20.3 Å². The highest BCUT2D eigenvalue weighted by Crippen LogP contribution is 2.24. The molecule has 0 aromatic rings. The minimum atomic E-state index is 0.436. The molecular formula is C19H37NO. The normalized spacial score (nSPS) is 16.1. The van der Waals surface area contributed by atoms with E-state index in [2.05, 4.69) is 18.7 Å². The smallest absolute Gasteiger partial charge is 0.222 e. The maximum Gasteiger partial charge on any atom is 0.222 e. The molecule has 0 N–H and O–H groups in total. The molecule has 21 heavy (non-hydrogen) atoms. The Balaban J connectivity index is 2.29. The molecule has 0 atom stereocenters. The van der Waals surface area contributed by atoms with Crippen LogP contribution in [0.5, 0.6) is 0 Å². The lowest BCUT2D eigenvalue weighted by Gasteiger charge is -2.34. The van der Waals surface area contributed by atoms with Gasteiger partial charge in [-0.2, -0.15) is 0 Å². The van der Waals surface area contributed by atoms with Crippen molar-refractivity contribution in [3.63, 3.8) is 0 Å². The highest BCUT2D eigenvalue weighted by atomic mass is 16.2. The number of hydrogen-bond acceptors (Lipinski definition) is 1. The standard InChI is InChI=1S/C19H37NO/c1-3-5-7-8-9-13-16-19(21)20(17-6-4-2)18-14-11-10-12-15-18/h18H,3-17H2,1-2H3. The van der Waals surface area contributed by atoms with Gasteiger partial charge in [-0.3, -0.25) is 4.79 Å². The Morgan fingerprint density at radius 2 is 1.48 bits per heavy atom. The van der Waals surface area contributed by atoms with Crippen molar-refractivity contribution in [1.82, 2.24) is 4.90 Å². The van der Waals surface area contributed by atoms with Gasteiger partial charge in [0.2, 0.25) is 5.91 Å². The third-order valence-corrected chi connectivity index (χ3v) is 4.83. The van der Waals surface area contributed by atoms with Crippen molar-refractivity contribution in [3.8, 4) is 0 Å². The van der Waals surface area contributed by atoms with E-state index in [0.29, 0.717) is 11.9 Å². The van der Waals surface area contributed by atoms with Gasteiger partial charge in [-0.15, -0.1) is 0 Å². The van der Waals surface area contributed by atoms with Crippen molar-refractivity contribution < 1.29 is 4.79 Å². The lowest BCUT2D eigenvalue weighted by Crippen LogP contribution is -2.42. The SMILES string of the molecule is CCCCCCCCC(=O)N(CCCC)C1CCCCC1. The number of carbonyl (C=O) groups excluding carboxylic acids is 1. The minimum absolute atomic E-state index is 0.436. The molecule has 1 fully saturated rings. The summed E-state index contributed by atoms with van der Waals surface area (Å²) in [6.45, 7) is 5.46. The quantitative estimate of drug-likeness (QED) is 0.448. The summed E-state index contributed by atoms with van der Waals surface area (Å²) in [5, 5.41) is 0. The van der Waals surface area contributed by atoms with E-state index in [0.717, 1.165) is 19.4 Å². The molecule has 0 unspecified atom stereocenters. The average Bonchev–Trinajstić information content (AvgIpc) is 2.52. The Labute approximate surface area is 132 Å². The molecule has 0 aromatic carbocycles. The van der Waals surface area contributed by atoms with Crippen LogP contribution < -0.4 is 0 Å². The van der Waals surface area contributed by atoms with Crippen LogP contribution in [0.25, 0.3) is 0 Å². The summed E-state index contributed by atoms with van der Waals surface area (Å²) in [5.74, 6) is 0.436. The molecule has 0 heterocycles. The Morgan fingerprint density at radius 3 is 2.14 bits per heavy atom. The van der Waals surface area contributed by atoms with Crippen molar-refractivity contribution in [2.75, 3.05) is 6.54 Å². The van der Waals surface area contributed by atoms with E-state index in [9.17, 15) is 4.79 Å². The highest BCUT2D eigenvalue weighted by molar-refractivity contribution is 5.76. The molecule has 0 aromatic heterocycles. The maximum atomic E-state index is 12.6. The molecular weight excluding hydrogens is 258 g/mol. The number of rotatable bonds is 11. The fourth-order valence-electron chi connectivity index (χ4n) is 3.43. The zero-order valence-corrected chi connectivity index (χ0v) is 14.5. The van der Waals surface area contributed by atoms with E-state index in [1.54, 1.807) is 0 Å². The number of hydrogen-bond donors (Lipinski definition) is 0. The maximum absolute atomic E-state index is 12.6. The van der Waals surface area contributed by atoms with Crippen LogP contribution in [-0.2, 0) is 4.79 Å². The molecule has 1 aliphatic rings. The van der Waals surface area contributed by atoms with E-state index < -0.39 is 0 Å². The van der Waals surface area contributed by atoms with Gasteiger partial charge in [0.05, 0.1) is 0 Å². The van der Waals surface area contributed by atoms with Gasteiger partial charge in [0.15, 0.2) is 0 Å². The predicted molar refractivity (Wildman–Crippen MR) is 91.5 cm³/mol. The third-order valence-electron chi connectivity index (χ3n) is 4.83. The summed E-state index contributed by atoms with van der Waals surface area (Å²) in [7, 11) is 0. The largest absolute Gasteiger partial charge is 0.340 e. The van der Waals surface area contributed by atoms with Gasteiger partial charge in [-0.25, -0.2) is 0 Å². The first-order chi connectivity index (χ1) is 10.3. The van der Waals surface area contributed by atoms with E-state index in [-0.39, 0.29) is 0 Å². The van der Waals surface area contributed by atoms with Gasteiger partial charge in [0.1, 0.15) is 0 Å². The Hall–Kier alpha value is -0.530. The monoisotopic (exact) mass is 295 g/mol. The molecule has 1 rings (SSSR count). The summed E-state index contributed by atoms with van der Waals surface area (Å²) in [6, 6.07) is 0.554. The molecule has 0 aliphatic heterocycles. The van der Waals surface area contributed by atoms with Crippen LogP contribution in [0.4, 0.5) is 0 Å². The van der Waals surface area contributed by atoms with Crippen LogP contribution in [0.15, 0.2) is 0 Å². The molecule has 0 saturated heterocycles. The van der Waals surface area contributed by atoms with Crippen LogP contribution in [0, 0.1) is 0 Å². The van der Waals surface area contributed by atoms with Crippen LogP contribution in [0.1, 0.15) is 104 Å². The molecule has 1 aliphatic carbocycles. The number of unbranched alkanes of at least 4 members (excludes halogenated alkanes) is 6. The fourth-order valence-corrected chi connectivity index (χ4v) is 3.43. The first-order valence-corrected chi connectivity index (χ1v) is 9.59. The summed E-state index contributed by atoms with van der Waals surface area (Å²) >= 11 is 0. The molecule has 1 amide bonds. The summed E-state index contributed by atoms with van der Waals surface area (Å²) in [4.78, 5) is 14.8. The predicted octanol–water partition coefficient (Wildman–Crippen LogP) is 5.70. The van der Waals surface area contributed by atoms with E-state index in [1.165, 1.54) is 77.0 Å². The van der Waals surface area contributed by atoms with Crippen LogP contribution in [-0.4, -0.2) is 23.4 Å². The first-order valence-electron chi connectivity index (χ1n) is 9.59. The van der Waals surface area contributed by atoms with Gasteiger partial charge in [-0.1, -0.05) is 71.6 Å². The van der Waals surface area contributed by atoms with Crippen LogP contribution >= 0.6 is 0 Å². The molecule has 0 spiro atoms. The zero-order chi connectivity index (χ0) is 15.3. The summed E-state index contributed by atoms with van der Waals surface area (Å²) in [6.07, 6.45) is 17.2. The van der Waals surface area contributed by atoms with Crippen molar-refractivity contribution >= 4 is 5.91 Å². The molecule has 0 radical (unpaired) electrons. The van der Waals surface area contributed by atoms with Crippen molar-refractivity contribution in [2.45, 2.75) is 110 Å². The number of nitrogens with zero attached hydrogens (tertiary/aromatic N) is 1. The van der Waals surface area contributed by atoms with Gasteiger partial charge in [-0.05, 0) is 25.7 Å². The van der Waals surface area contributed by atoms with E-state index >= 15 is 0 Å². The van der Waals surface area contributed by atoms with Crippen molar-refractivity contribution in [3.05, 3.63) is 0 Å². The molecule has 124 valence electrons. The second-order valence-electron chi connectivity index (χ2n) is 6.75. The van der Waals surface area contributed by atoms with E-state index in [1.807, 2.05) is 0 Å². The fraction of sp³-hybridized carbons (Fsp3) is 0.947.